The number of carbonyl (C=O) groups excluding carboxylic acids is 1. The van der Waals surface area contributed by atoms with Gasteiger partial charge in [-0.1, -0.05) is 126 Å². The second-order valence-corrected chi connectivity index (χ2v) is 19.3. The maximum absolute atomic E-state index is 12.7. The first-order chi connectivity index (χ1) is 24.1. The summed E-state index contributed by atoms with van der Waals surface area (Å²) in [6.45, 7) is 24.0. The molecule has 0 aliphatic heterocycles. The number of ether oxygens (including phenoxy) is 2. The van der Waals surface area contributed by atoms with Crippen LogP contribution in [-0.2, 0) is 9.47 Å². The molecule has 0 aromatic rings. The van der Waals surface area contributed by atoms with E-state index in [2.05, 4.69) is 98.8 Å². The summed E-state index contributed by atoms with van der Waals surface area (Å²) in [4.78, 5) is 12.7. The lowest BCUT2D eigenvalue weighted by Gasteiger charge is -2.58. The summed E-state index contributed by atoms with van der Waals surface area (Å²) in [5, 5.41) is 0. The van der Waals surface area contributed by atoms with Gasteiger partial charge >= 0.3 is 6.16 Å². The number of hydrogen-bond donors (Lipinski definition) is 0. The van der Waals surface area contributed by atoms with Gasteiger partial charge in [-0.15, -0.1) is 0 Å². The third-order valence-corrected chi connectivity index (χ3v) is 14.9. The molecule has 284 valence electrons. The minimum atomic E-state index is -0.532. The van der Waals surface area contributed by atoms with Crippen molar-refractivity contribution in [2.75, 3.05) is 6.61 Å². The first kappa shape index (κ1) is 39.9. The molecule has 5 aliphatic rings. The van der Waals surface area contributed by atoms with Crippen LogP contribution in [-0.4, -0.2) is 18.9 Å². The van der Waals surface area contributed by atoms with Crippen LogP contribution in [0, 0.1) is 51.8 Å². The third kappa shape index (κ3) is 9.27. The van der Waals surface area contributed by atoms with Crippen molar-refractivity contribution in [1.82, 2.24) is 0 Å². The molecule has 8 atom stereocenters. The van der Waals surface area contributed by atoms with Gasteiger partial charge in [-0.2, -0.15) is 0 Å². The van der Waals surface area contributed by atoms with Crippen molar-refractivity contribution in [2.45, 2.75) is 165 Å². The number of fused-ring (bicyclic) bond motifs is 5. The number of carbonyl (C=O) groups is 1. The molecule has 0 saturated heterocycles. The average Bonchev–Trinajstić information content (AvgIpc) is 3.41. The summed E-state index contributed by atoms with van der Waals surface area (Å²) < 4.78 is 11.4. The molecule has 51 heavy (non-hydrogen) atoms. The number of rotatable bonds is 12. The molecule has 5 rings (SSSR count). The van der Waals surface area contributed by atoms with E-state index in [4.69, 9.17) is 9.47 Å². The predicted molar refractivity (Wildman–Crippen MR) is 215 cm³/mol. The van der Waals surface area contributed by atoms with Gasteiger partial charge in [0.25, 0.3) is 0 Å². The van der Waals surface area contributed by atoms with Crippen molar-refractivity contribution >= 4 is 6.16 Å². The largest absolute Gasteiger partial charge is 0.508 e. The molecule has 0 heterocycles. The van der Waals surface area contributed by atoms with E-state index in [0.717, 1.165) is 60.3 Å². The van der Waals surface area contributed by atoms with Crippen molar-refractivity contribution in [2.24, 2.45) is 51.8 Å². The normalized spacial score (nSPS) is 34.7. The fourth-order valence-electron chi connectivity index (χ4n) is 11.9. The third-order valence-electron chi connectivity index (χ3n) is 14.9. The minimum absolute atomic E-state index is 0.0744. The zero-order valence-corrected chi connectivity index (χ0v) is 34.4. The number of hydrogen-bond acceptors (Lipinski definition) is 3. The van der Waals surface area contributed by atoms with E-state index in [1.54, 1.807) is 5.57 Å². The van der Waals surface area contributed by atoms with Crippen molar-refractivity contribution in [1.29, 1.82) is 0 Å². The predicted octanol–water partition coefficient (Wildman–Crippen LogP) is 14.1. The van der Waals surface area contributed by atoms with Gasteiger partial charge in [0.1, 0.15) is 12.7 Å². The maximum Gasteiger partial charge on any atom is 0.508 e. The Balaban J connectivity index is 1.08. The highest BCUT2D eigenvalue weighted by Crippen LogP contribution is 2.67. The Hall–Kier alpha value is -2.29. The van der Waals surface area contributed by atoms with Gasteiger partial charge < -0.3 is 9.47 Å². The molecule has 0 aromatic carbocycles. The lowest BCUT2D eigenvalue weighted by Crippen LogP contribution is -2.51. The Bertz CT molecular complexity index is 1420. The molecular weight excluding hydrogens is 625 g/mol. The van der Waals surface area contributed by atoms with Crippen LogP contribution in [0.5, 0.6) is 0 Å². The molecule has 0 unspecified atom stereocenters. The van der Waals surface area contributed by atoms with Crippen LogP contribution in [0.4, 0.5) is 4.79 Å². The van der Waals surface area contributed by atoms with Crippen LogP contribution in [0.2, 0.25) is 0 Å². The van der Waals surface area contributed by atoms with Crippen LogP contribution >= 0.6 is 0 Å². The number of allylic oxidation sites excluding steroid dienone is 10. The SMILES string of the molecule is CC(C=CC1=C(C)CCCC1(C)C)=CC=CC(C)=CCOC(=O)O[C@H]1CC[C@@]2(C)C(=CC[C@H]3[C@@H]4CC[C@H]([C@H](C)CCCC(C)C)[C@@]4(C)CC[C@@H]32)C1. The smallest absolute Gasteiger partial charge is 0.431 e. The zero-order chi connectivity index (χ0) is 37.0. The van der Waals surface area contributed by atoms with E-state index in [1.165, 1.54) is 87.3 Å². The molecule has 0 amide bonds. The maximum atomic E-state index is 12.7. The molecule has 5 aliphatic carbocycles. The van der Waals surface area contributed by atoms with E-state index in [9.17, 15) is 4.79 Å². The molecule has 3 fully saturated rings. The molecule has 3 heteroatoms. The van der Waals surface area contributed by atoms with E-state index in [0.29, 0.717) is 5.41 Å². The van der Waals surface area contributed by atoms with Crippen LogP contribution in [0.25, 0.3) is 0 Å². The van der Waals surface area contributed by atoms with Crippen molar-refractivity contribution < 1.29 is 14.3 Å². The standard InChI is InChI=1S/C48H74O3/c1-33(2)14-11-17-37(6)42-23-24-43-40-21-20-38-32-39(25-29-47(38,9)44(40)26-30-48(42,43)10)51-45(49)50-31-27-35(4)16-12-15-34(3)19-22-41-36(5)18-13-28-46(41,7)8/h12,15-16,19-20,22,27,33,37,39-40,42-44H,11,13-14,17-18,21,23-26,28-32H2,1-10H3/t37-,39+,40+,42-,43+,44+,47+,48-/m1/s1. The Morgan fingerprint density at radius 2 is 1.73 bits per heavy atom. The fourth-order valence-corrected chi connectivity index (χ4v) is 11.9. The Labute approximate surface area is 313 Å². The van der Waals surface area contributed by atoms with Gasteiger partial charge in [-0.05, 0) is 148 Å². The van der Waals surface area contributed by atoms with Crippen LogP contribution in [0.15, 0.2) is 70.4 Å². The first-order valence-electron chi connectivity index (χ1n) is 21.1. The molecule has 0 N–H and O–H groups in total. The Kier molecular flexibility index (Phi) is 13.1. The van der Waals surface area contributed by atoms with E-state index in [1.807, 2.05) is 13.0 Å². The van der Waals surface area contributed by atoms with Crippen LogP contribution < -0.4 is 0 Å². The molecular formula is C48H74O3. The van der Waals surface area contributed by atoms with Gasteiger partial charge in [0, 0.05) is 6.42 Å². The molecule has 0 spiro atoms. The summed E-state index contributed by atoms with van der Waals surface area (Å²) in [5.74, 6) is 5.04. The summed E-state index contributed by atoms with van der Waals surface area (Å²) in [7, 11) is 0. The monoisotopic (exact) mass is 699 g/mol. The molecule has 3 saturated carbocycles. The second-order valence-electron chi connectivity index (χ2n) is 19.3. The van der Waals surface area contributed by atoms with E-state index >= 15 is 0 Å². The minimum Gasteiger partial charge on any atom is -0.431 e. The molecule has 0 radical (unpaired) electrons. The Morgan fingerprint density at radius 3 is 2.47 bits per heavy atom. The van der Waals surface area contributed by atoms with Crippen LogP contribution in [0.3, 0.4) is 0 Å². The zero-order valence-electron chi connectivity index (χ0n) is 34.4. The highest BCUT2D eigenvalue weighted by Gasteiger charge is 2.59. The highest BCUT2D eigenvalue weighted by molar-refractivity contribution is 5.60. The quantitative estimate of drug-likeness (QED) is 0.116. The topological polar surface area (TPSA) is 35.5 Å². The van der Waals surface area contributed by atoms with E-state index < -0.39 is 6.16 Å². The summed E-state index contributed by atoms with van der Waals surface area (Å²) in [6.07, 6.45) is 32.5. The molecule has 0 bridgehead atoms. The molecule has 3 nitrogen and oxygen atoms in total. The van der Waals surface area contributed by atoms with Gasteiger partial charge in [-0.25, -0.2) is 4.79 Å². The van der Waals surface area contributed by atoms with Gasteiger partial charge in [0.2, 0.25) is 0 Å². The molecule has 0 aromatic heterocycles. The van der Waals surface area contributed by atoms with Crippen molar-refractivity contribution in [3.63, 3.8) is 0 Å². The fraction of sp³-hybridized carbons (Fsp3) is 0.729. The Morgan fingerprint density at radius 1 is 0.941 bits per heavy atom. The van der Waals surface area contributed by atoms with Crippen molar-refractivity contribution in [3.05, 3.63) is 70.4 Å². The van der Waals surface area contributed by atoms with Crippen LogP contribution in [0.1, 0.15) is 159 Å². The van der Waals surface area contributed by atoms with Gasteiger partial charge in [0.15, 0.2) is 0 Å². The van der Waals surface area contributed by atoms with Gasteiger partial charge in [0.05, 0.1) is 0 Å². The van der Waals surface area contributed by atoms with Crippen molar-refractivity contribution in [3.8, 4) is 0 Å². The summed E-state index contributed by atoms with van der Waals surface area (Å²) in [5.41, 5.74) is 7.89. The lowest BCUT2D eigenvalue weighted by molar-refractivity contribution is -0.0613. The lowest BCUT2D eigenvalue weighted by atomic mass is 9.47. The van der Waals surface area contributed by atoms with Gasteiger partial charge in [-0.3, -0.25) is 0 Å². The van der Waals surface area contributed by atoms with E-state index in [-0.39, 0.29) is 23.5 Å². The summed E-state index contributed by atoms with van der Waals surface area (Å²) in [6, 6.07) is 0. The summed E-state index contributed by atoms with van der Waals surface area (Å²) >= 11 is 0. The first-order valence-corrected chi connectivity index (χ1v) is 21.1. The second kappa shape index (κ2) is 16.8. The average molecular weight is 699 g/mol. The highest BCUT2D eigenvalue weighted by atomic mass is 16.7.